The molecule has 0 N–H and O–H groups in total. The SMILES string of the molecule is CN1CC[C@]2(CN(Cc3ccco3)C[C@H]2c2ccccc2)C1=O. The molecule has 2 aliphatic rings. The number of amides is 1. The van der Waals surface area contributed by atoms with Gasteiger partial charge >= 0.3 is 0 Å². The highest BCUT2D eigenvalue weighted by Gasteiger charge is 2.56. The van der Waals surface area contributed by atoms with E-state index in [1.807, 2.05) is 30.1 Å². The van der Waals surface area contributed by atoms with Crippen LogP contribution >= 0.6 is 0 Å². The predicted molar refractivity (Wildman–Crippen MR) is 87.9 cm³/mol. The molecule has 0 unspecified atom stereocenters. The largest absolute Gasteiger partial charge is 0.468 e. The Kier molecular flexibility index (Phi) is 3.49. The van der Waals surface area contributed by atoms with Crippen LogP contribution < -0.4 is 0 Å². The lowest BCUT2D eigenvalue weighted by Crippen LogP contribution is -2.38. The first-order valence-corrected chi connectivity index (χ1v) is 8.24. The molecule has 120 valence electrons. The molecule has 0 saturated carbocycles. The maximum atomic E-state index is 12.9. The van der Waals surface area contributed by atoms with E-state index in [4.69, 9.17) is 4.42 Å². The van der Waals surface area contributed by atoms with Crippen LogP contribution in [0.2, 0.25) is 0 Å². The fourth-order valence-electron chi connectivity index (χ4n) is 4.29. The van der Waals surface area contributed by atoms with Crippen LogP contribution in [0, 0.1) is 5.41 Å². The number of hydrogen-bond acceptors (Lipinski definition) is 3. The molecule has 4 rings (SSSR count). The molecule has 0 radical (unpaired) electrons. The van der Waals surface area contributed by atoms with E-state index < -0.39 is 0 Å². The van der Waals surface area contributed by atoms with Crippen LogP contribution in [0.4, 0.5) is 0 Å². The highest BCUT2D eigenvalue weighted by Crippen LogP contribution is 2.49. The van der Waals surface area contributed by atoms with Gasteiger partial charge in [-0.2, -0.15) is 0 Å². The van der Waals surface area contributed by atoms with E-state index in [0.29, 0.717) is 5.91 Å². The minimum Gasteiger partial charge on any atom is -0.468 e. The third-order valence-corrected chi connectivity index (χ3v) is 5.44. The summed E-state index contributed by atoms with van der Waals surface area (Å²) in [5, 5.41) is 0. The zero-order valence-electron chi connectivity index (χ0n) is 13.4. The van der Waals surface area contributed by atoms with Crippen LogP contribution in [0.1, 0.15) is 23.7 Å². The summed E-state index contributed by atoms with van der Waals surface area (Å²) in [7, 11) is 1.92. The molecule has 3 heterocycles. The van der Waals surface area contributed by atoms with Gasteiger partial charge in [-0.25, -0.2) is 0 Å². The van der Waals surface area contributed by atoms with Gasteiger partial charge < -0.3 is 9.32 Å². The highest BCUT2D eigenvalue weighted by atomic mass is 16.3. The van der Waals surface area contributed by atoms with E-state index in [9.17, 15) is 4.79 Å². The molecule has 0 aliphatic carbocycles. The summed E-state index contributed by atoms with van der Waals surface area (Å²) in [6.45, 7) is 3.35. The standard InChI is InChI=1S/C19H22N2O2/c1-20-10-9-19(18(20)22)14-21(12-16-8-5-11-23-16)13-17(19)15-6-3-2-4-7-15/h2-8,11,17H,9-10,12-14H2,1H3/t17-,19+/m0/s1. The van der Waals surface area contributed by atoms with E-state index in [0.717, 1.165) is 38.4 Å². The molecule has 1 aromatic heterocycles. The van der Waals surface area contributed by atoms with Gasteiger partial charge in [-0.05, 0) is 24.1 Å². The maximum absolute atomic E-state index is 12.9. The maximum Gasteiger partial charge on any atom is 0.230 e. The van der Waals surface area contributed by atoms with Crippen molar-refractivity contribution in [3.05, 3.63) is 60.1 Å². The topological polar surface area (TPSA) is 36.7 Å². The van der Waals surface area contributed by atoms with Crippen LogP contribution in [0.3, 0.4) is 0 Å². The molecule has 2 saturated heterocycles. The smallest absolute Gasteiger partial charge is 0.230 e. The van der Waals surface area contributed by atoms with Crippen molar-refractivity contribution in [3.8, 4) is 0 Å². The van der Waals surface area contributed by atoms with Gasteiger partial charge in [0.2, 0.25) is 5.91 Å². The van der Waals surface area contributed by atoms with E-state index >= 15 is 0 Å². The average Bonchev–Trinajstić information content (AvgIpc) is 3.27. The van der Waals surface area contributed by atoms with Gasteiger partial charge in [-0.1, -0.05) is 30.3 Å². The number of carbonyl (C=O) groups is 1. The molecule has 4 nitrogen and oxygen atoms in total. The van der Waals surface area contributed by atoms with Gasteiger partial charge in [0.25, 0.3) is 0 Å². The Morgan fingerprint density at radius 2 is 2.04 bits per heavy atom. The molecule has 1 spiro atoms. The zero-order valence-corrected chi connectivity index (χ0v) is 13.4. The Balaban J connectivity index is 1.66. The van der Waals surface area contributed by atoms with Crippen molar-refractivity contribution in [3.63, 3.8) is 0 Å². The predicted octanol–water partition coefficient (Wildman–Crippen LogP) is 2.73. The third kappa shape index (κ3) is 2.38. The van der Waals surface area contributed by atoms with Crippen LogP contribution in [-0.4, -0.2) is 42.4 Å². The quantitative estimate of drug-likeness (QED) is 0.874. The van der Waals surface area contributed by atoms with Crippen molar-refractivity contribution in [2.75, 3.05) is 26.7 Å². The molecule has 2 atom stereocenters. The van der Waals surface area contributed by atoms with Crippen molar-refractivity contribution >= 4 is 5.91 Å². The number of rotatable bonds is 3. The summed E-state index contributed by atoms with van der Waals surface area (Å²) in [4.78, 5) is 17.2. The summed E-state index contributed by atoms with van der Waals surface area (Å²) >= 11 is 0. The number of nitrogens with zero attached hydrogens (tertiary/aromatic N) is 2. The van der Waals surface area contributed by atoms with Crippen LogP contribution in [0.5, 0.6) is 0 Å². The Morgan fingerprint density at radius 1 is 1.22 bits per heavy atom. The van der Waals surface area contributed by atoms with Crippen molar-refractivity contribution in [2.24, 2.45) is 5.41 Å². The highest BCUT2D eigenvalue weighted by molar-refractivity contribution is 5.86. The molecule has 0 bridgehead atoms. The second-order valence-electron chi connectivity index (χ2n) is 6.85. The lowest BCUT2D eigenvalue weighted by molar-refractivity contribution is -0.135. The van der Waals surface area contributed by atoms with Gasteiger partial charge in [-0.3, -0.25) is 9.69 Å². The third-order valence-electron chi connectivity index (χ3n) is 5.44. The fourth-order valence-corrected chi connectivity index (χ4v) is 4.29. The van der Waals surface area contributed by atoms with Gasteiger partial charge in [0.15, 0.2) is 0 Å². The molecule has 1 aromatic carbocycles. The fraction of sp³-hybridized carbons (Fsp3) is 0.421. The Labute approximate surface area is 136 Å². The minimum absolute atomic E-state index is 0.260. The van der Waals surface area contributed by atoms with E-state index in [1.54, 1.807) is 6.26 Å². The molecule has 2 aliphatic heterocycles. The molecule has 1 amide bonds. The van der Waals surface area contributed by atoms with Crippen molar-refractivity contribution in [1.29, 1.82) is 0 Å². The van der Waals surface area contributed by atoms with Crippen molar-refractivity contribution in [2.45, 2.75) is 18.9 Å². The van der Waals surface area contributed by atoms with Gasteiger partial charge in [0.05, 0.1) is 18.2 Å². The normalized spacial score (nSPS) is 28.1. The number of benzene rings is 1. The van der Waals surface area contributed by atoms with Crippen molar-refractivity contribution < 1.29 is 9.21 Å². The summed E-state index contributed by atoms with van der Waals surface area (Å²) in [5.41, 5.74) is 1.00. The lowest BCUT2D eigenvalue weighted by Gasteiger charge is -2.28. The van der Waals surface area contributed by atoms with E-state index in [2.05, 4.69) is 29.2 Å². The number of hydrogen-bond donors (Lipinski definition) is 0. The molecule has 2 fully saturated rings. The van der Waals surface area contributed by atoms with Gasteiger partial charge in [0, 0.05) is 32.6 Å². The molecular formula is C19H22N2O2. The summed E-state index contributed by atoms with van der Waals surface area (Å²) in [6.07, 6.45) is 2.65. The van der Waals surface area contributed by atoms with Gasteiger partial charge in [-0.15, -0.1) is 0 Å². The Morgan fingerprint density at radius 3 is 2.70 bits per heavy atom. The average molecular weight is 310 g/mol. The molecule has 4 heteroatoms. The minimum atomic E-state index is -0.275. The Bertz CT molecular complexity index is 683. The number of carbonyl (C=O) groups excluding carboxylic acids is 1. The number of furan rings is 1. The second kappa shape index (κ2) is 5.53. The monoisotopic (exact) mass is 310 g/mol. The van der Waals surface area contributed by atoms with E-state index in [-0.39, 0.29) is 11.3 Å². The zero-order chi connectivity index (χ0) is 15.9. The number of likely N-dealkylation sites (tertiary alicyclic amines) is 2. The van der Waals surface area contributed by atoms with E-state index in [1.165, 1.54) is 5.56 Å². The Hall–Kier alpha value is -2.07. The molecule has 23 heavy (non-hydrogen) atoms. The first-order valence-electron chi connectivity index (χ1n) is 8.24. The molecular weight excluding hydrogens is 288 g/mol. The summed E-state index contributed by atoms with van der Waals surface area (Å²) < 4.78 is 5.50. The van der Waals surface area contributed by atoms with Gasteiger partial charge in [0.1, 0.15) is 5.76 Å². The van der Waals surface area contributed by atoms with Crippen molar-refractivity contribution in [1.82, 2.24) is 9.80 Å². The van der Waals surface area contributed by atoms with Crippen LogP contribution in [-0.2, 0) is 11.3 Å². The summed E-state index contributed by atoms with van der Waals surface area (Å²) in [5.74, 6) is 1.53. The summed E-state index contributed by atoms with van der Waals surface area (Å²) in [6, 6.07) is 14.4. The van der Waals surface area contributed by atoms with Crippen LogP contribution in [0.25, 0.3) is 0 Å². The van der Waals surface area contributed by atoms with Crippen LogP contribution in [0.15, 0.2) is 53.1 Å². The molecule has 2 aromatic rings. The lowest BCUT2D eigenvalue weighted by atomic mass is 9.73. The first-order chi connectivity index (χ1) is 11.2. The first kappa shape index (κ1) is 14.5. The second-order valence-corrected chi connectivity index (χ2v) is 6.85.